The summed E-state index contributed by atoms with van der Waals surface area (Å²) in [5, 5.41) is 0. The standard InChI is InChI=1S/C12H24/c1-9(2)7-11(5)12(6)8-10(3)4/h9-10,12H,5,7-8H2,1-4,6H3. The highest BCUT2D eigenvalue weighted by Gasteiger charge is 2.09. The molecule has 0 N–H and O–H groups in total. The molecule has 0 radical (unpaired) electrons. The maximum atomic E-state index is 4.15. The highest BCUT2D eigenvalue weighted by molar-refractivity contribution is 4.99. The van der Waals surface area contributed by atoms with Gasteiger partial charge in [0.2, 0.25) is 0 Å². The molecule has 0 aromatic rings. The minimum Gasteiger partial charge on any atom is -0.0996 e. The van der Waals surface area contributed by atoms with Crippen molar-refractivity contribution in [2.75, 3.05) is 0 Å². The highest BCUT2D eigenvalue weighted by atomic mass is 14.1. The zero-order chi connectivity index (χ0) is 9.72. The molecule has 1 atom stereocenters. The molecular formula is C12H24. The maximum Gasteiger partial charge on any atom is -0.0232 e. The SMILES string of the molecule is C=C(CC(C)C)C(C)CC(C)C. The van der Waals surface area contributed by atoms with Gasteiger partial charge in [-0.25, -0.2) is 0 Å². The third kappa shape index (κ3) is 5.40. The van der Waals surface area contributed by atoms with E-state index in [0.717, 1.165) is 11.8 Å². The molecule has 72 valence electrons. The van der Waals surface area contributed by atoms with Crippen molar-refractivity contribution in [1.82, 2.24) is 0 Å². The van der Waals surface area contributed by atoms with E-state index in [9.17, 15) is 0 Å². The van der Waals surface area contributed by atoms with Gasteiger partial charge in [-0.3, -0.25) is 0 Å². The molecule has 0 aromatic heterocycles. The molecule has 0 bridgehead atoms. The van der Waals surface area contributed by atoms with Crippen LogP contribution in [0.15, 0.2) is 12.2 Å². The zero-order valence-electron chi connectivity index (χ0n) is 9.35. The Kier molecular flexibility index (Phi) is 5.28. The lowest BCUT2D eigenvalue weighted by molar-refractivity contribution is 0.461. The van der Waals surface area contributed by atoms with E-state index in [1.54, 1.807) is 0 Å². The van der Waals surface area contributed by atoms with Gasteiger partial charge in [0.05, 0.1) is 0 Å². The topological polar surface area (TPSA) is 0 Å². The minimum atomic E-state index is 0.701. The van der Waals surface area contributed by atoms with E-state index in [1.807, 2.05) is 0 Å². The monoisotopic (exact) mass is 168 g/mol. The smallest absolute Gasteiger partial charge is 0.0232 e. The van der Waals surface area contributed by atoms with E-state index in [4.69, 9.17) is 0 Å². The van der Waals surface area contributed by atoms with Crippen LogP contribution >= 0.6 is 0 Å². The lowest BCUT2D eigenvalue weighted by atomic mass is 9.88. The van der Waals surface area contributed by atoms with Crippen molar-refractivity contribution >= 4 is 0 Å². The molecule has 0 amide bonds. The van der Waals surface area contributed by atoms with Gasteiger partial charge in [0.25, 0.3) is 0 Å². The van der Waals surface area contributed by atoms with Crippen molar-refractivity contribution < 1.29 is 0 Å². The summed E-state index contributed by atoms with van der Waals surface area (Å²) in [6.45, 7) is 15.5. The second-order valence-corrected chi connectivity index (χ2v) is 4.79. The Labute approximate surface area is 78.1 Å². The number of allylic oxidation sites excluding steroid dienone is 1. The lowest BCUT2D eigenvalue weighted by Crippen LogP contribution is -2.05. The van der Waals surface area contributed by atoms with Crippen LogP contribution in [0.3, 0.4) is 0 Å². The molecule has 0 aromatic carbocycles. The van der Waals surface area contributed by atoms with Gasteiger partial charge in [-0.2, -0.15) is 0 Å². The van der Waals surface area contributed by atoms with E-state index in [1.165, 1.54) is 18.4 Å². The van der Waals surface area contributed by atoms with Crippen LogP contribution in [-0.2, 0) is 0 Å². The van der Waals surface area contributed by atoms with Crippen molar-refractivity contribution in [3.05, 3.63) is 12.2 Å². The van der Waals surface area contributed by atoms with Gasteiger partial charge >= 0.3 is 0 Å². The van der Waals surface area contributed by atoms with Gasteiger partial charge in [0.1, 0.15) is 0 Å². The molecule has 0 spiro atoms. The predicted octanol–water partition coefficient (Wildman–Crippen LogP) is 4.27. The quantitative estimate of drug-likeness (QED) is 0.538. The van der Waals surface area contributed by atoms with Crippen molar-refractivity contribution in [2.24, 2.45) is 17.8 Å². The van der Waals surface area contributed by atoms with Gasteiger partial charge in [0, 0.05) is 0 Å². The molecule has 0 nitrogen and oxygen atoms in total. The summed E-state index contributed by atoms with van der Waals surface area (Å²) in [6, 6.07) is 0. The summed E-state index contributed by atoms with van der Waals surface area (Å²) in [4.78, 5) is 0. The Morgan fingerprint density at radius 3 is 1.83 bits per heavy atom. The van der Waals surface area contributed by atoms with Crippen molar-refractivity contribution in [3.63, 3.8) is 0 Å². The Morgan fingerprint density at radius 2 is 1.50 bits per heavy atom. The summed E-state index contributed by atoms with van der Waals surface area (Å²) in [5.74, 6) is 2.25. The van der Waals surface area contributed by atoms with Gasteiger partial charge in [-0.15, -0.1) is 0 Å². The molecule has 0 aliphatic carbocycles. The molecule has 12 heavy (non-hydrogen) atoms. The van der Waals surface area contributed by atoms with Crippen LogP contribution in [0, 0.1) is 17.8 Å². The Hall–Kier alpha value is -0.260. The van der Waals surface area contributed by atoms with Crippen LogP contribution < -0.4 is 0 Å². The zero-order valence-corrected chi connectivity index (χ0v) is 9.35. The van der Waals surface area contributed by atoms with Crippen LogP contribution in [0.4, 0.5) is 0 Å². The molecule has 0 saturated carbocycles. The lowest BCUT2D eigenvalue weighted by Gasteiger charge is -2.18. The first-order chi connectivity index (χ1) is 5.43. The van der Waals surface area contributed by atoms with Gasteiger partial charge in [-0.1, -0.05) is 46.8 Å². The van der Waals surface area contributed by atoms with Crippen molar-refractivity contribution in [1.29, 1.82) is 0 Å². The number of hydrogen-bond acceptors (Lipinski definition) is 0. The number of rotatable bonds is 5. The molecule has 0 rings (SSSR count). The fourth-order valence-electron chi connectivity index (χ4n) is 1.60. The molecule has 0 saturated heterocycles. The second kappa shape index (κ2) is 5.40. The van der Waals surface area contributed by atoms with Crippen molar-refractivity contribution in [3.8, 4) is 0 Å². The summed E-state index contributed by atoms with van der Waals surface area (Å²) < 4.78 is 0. The average molecular weight is 168 g/mol. The third-order valence-electron chi connectivity index (χ3n) is 2.19. The Balaban J connectivity index is 3.77. The first kappa shape index (κ1) is 11.7. The second-order valence-electron chi connectivity index (χ2n) is 4.79. The Morgan fingerprint density at radius 1 is 1.00 bits per heavy atom. The summed E-state index contributed by atoms with van der Waals surface area (Å²) >= 11 is 0. The van der Waals surface area contributed by atoms with E-state index < -0.39 is 0 Å². The molecule has 0 heterocycles. The van der Waals surface area contributed by atoms with E-state index in [-0.39, 0.29) is 0 Å². The molecule has 0 fully saturated rings. The van der Waals surface area contributed by atoms with E-state index >= 15 is 0 Å². The predicted molar refractivity (Wildman–Crippen MR) is 57.2 cm³/mol. The summed E-state index contributed by atoms with van der Waals surface area (Å²) in [5.41, 5.74) is 1.43. The fraction of sp³-hybridized carbons (Fsp3) is 0.833. The fourth-order valence-corrected chi connectivity index (χ4v) is 1.60. The highest BCUT2D eigenvalue weighted by Crippen LogP contribution is 2.23. The Bertz CT molecular complexity index is 131. The van der Waals surface area contributed by atoms with Crippen LogP contribution in [0.1, 0.15) is 47.5 Å². The molecule has 1 unspecified atom stereocenters. The van der Waals surface area contributed by atoms with Crippen LogP contribution in [0.25, 0.3) is 0 Å². The van der Waals surface area contributed by atoms with Crippen LogP contribution in [-0.4, -0.2) is 0 Å². The van der Waals surface area contributed by atoms with Crippen LogP contribution in [0.2, 0.25) is 0 Å². The molecule has 0 heteroatoms. The normalized spacial score (nSPS) is 13.9. The molecule has 0 aliphatic rings. The van der Waals surface area contributed by atoms with Crippen molar-refractivity contribution in [2.45, 2.75) is 47.5 Å². The summed E-state index contributed by atoms with van der Waals surface area (Å²) in [6.07, 6.45) is 2.47. The number of hydrogen-bond donors (Lipinski definition) is 0. The van der Waals surface area contributed by atoms with Gasteiger partial charge in [-0.05, 0) is 30.6 Å². The molecule has 0 aliphatic heterocycles. The van der Waals surface area contributed by atoms with Gasteiger partial charge in [0.15, 0.2) is 0 Å². The van der Waals surface area contributed by atoms with E-state index in [0.29, 0.717) is 5.92 Å². The van der Waals surface area contributed by atoms with Crippen LogP contribution in [0.5, 0.6) is 0 Å². The largest absolute Gasteiger partial charge is 0.0996 e. The van der Waals surface area contributed by atoms with Gasteiger partial charge < -0.3 is 0 Å². The first-order valence-electron chi connectivity index (χ1n) is 5.11. The third-order valence-corrected chi connectivity index (χ3v) is 2.19. The minimum absolute atomic E-state index is 0.701. The maximum absolute atomic E-state index is 4.15. The first-order valence-corrected chi connectivity index (χ1v) is 5.11. The average Bonchev–Trinajstić information content (AvgIpc) is 1.84. The molecular weight excluding hydrogens is 144 g/mol. The summed E-state index contributed by atoms with van der Waals surface area (Å²) in [7, 11) is 0. The van der Waals surface area contributed by atoms with E-state index in [2.05, 4.69) is 41.2 Å².